The third kappa shape index (κ3) is 6.76. The molecule has 0 spiro atoms. The van der Waals surface area contributed by atoms with Gasteiger partial charge in [0.1, 0.15) is 40.7 Å². The second-order valence-electron chi connectivity index (χ2n) is 9.76. The van der Waals surface area contributed by atoms with E-state index in [1.54, 1.807) is 0 Å². The summed E-state index contributed by atoms with van der Waals surface area (Å²) in [5, 5.41) is 44.1. The lowest BCUT2D eigenvalue weighted by Gasteiger charge is -2.37. The molecule has 0 radical (unpaired) electrons. The molecule has 0 amide bonds. The molecule has 5 N–H and O–H groups in total. The number of aromatic nitrogens is 1. The van der Waals surface area contributed by atoms with Crippen LogP contribution in [0.3, 0.4) is 0 Å². The summed E-state index contributed by atoms with van der Waals surface area (Å²) in [6.45, 7) is 4.03. The van der Waals surface area contributed by atoms with Crippen LogP contribution >= 0.6 is 11.6 Å². The number of carbonyl (C=O) groups excluding carboxylic acids is 5. The molecule has 2 heterocycles. The third-order valence-electron chi connectivity index (χ3n) is 6.64. The Hall–Kier alpha value is -4.16. The van der Waals surface area contributed by atoms with Gasteiger partial charge in [-0.25, -0.2) is 9.78 Å². The lowest BCUT2D eigenvalue weighted by Crippen LogP contribution is -2.58. The van der Waals surface area contributed by atoms with E-state index < -0.39 is 88.4 Å². The number of hydrogen-bond donors (Lipinski definition) is 5. The van der Waals surface area contributed by atoms with Crippen molar-refractivity contribution in [2.75, 3.05) is 13.7 Å². The number of aliphatic hydroxyl groups excluding tert-OH is 5. The Balaban J connectivity index is 0.000000385. The Bertz CT molecular complexity index is 1730. The lowest BCUT2D eigenvalue weighted by molar-refractivity contribution is -0.286. The third-order valence-corrected chi connectivity index (χ3v) is 7.00. The molecule has 0 aromatic heterocycles. The summed E-state index contributed by atoms with van der Waals surface area (Å²) in [5.74, 6) is -3.27. The Morgan fingerprint density at radius 2 is 1.47 bits per heavy atom. The maximum absolute atomic E-state index is 12.7. The number of carbonyl (C=O) groups is 5. The molecule has 1 saturated heterocycles. The molecule has 5 atom stereocenters. The first-order chi connectivity index (χ1) is 21.0. The zero-order valence-corrected chi connectivity index (χ0v) is 25.1. The van der Waals surface area contributed by atoms with Crippen molar-refractivity contribution in [1.29, 1.82) is 0 Å². The average molecular weight is 654 g/mol. The van der Waals surface area contributed by atoms with Crippen molar-refractivity contribution >= 4 is 52.0 Å². The Labute approximate surface area is 258 Å². The van der Waals surface area contributed by atoms with Crippen LogP contribution in [0.4, 0.5) is 4.79 Å². The number of ketones is 4. The van der Waals surface area contributed by atoms with Crippen molar-refractivity contribution in [2.24, 2.45) is 0 Å². The van der Waals surface area contributed by atoms with Gasteiger partial charge in [-0.1, -0.05) is 11.6 Å². The molecule has 4 rings (SSSR count). The van der Waals surface area contributed by atoms with Crippen molar-refractivity contribution in [3.63, 3.8) is 0 Å². The van der Waals surface area contributed by atoms with E-state index >= 15 is 0 Å². The number of fused-ring (bicyclic) bond motifs is 2. The van der Waals surface area contributed by atoms with Crippen LogP contribution in [0.5, 0.6) is 5.75 Å². The van der Waals surface area contributed by atoms with Gasteiger partial charge < -0.3 is 44.2 Å². The second kappa shape index (κ2) is 13.9. The fourth-order valence-electron chi connectivity index (χ4n) is 4.47. The van der Waals surface area contributed by atoms with Gasteiger partial charge in [0.2, 0.25) is 5.43 Å². The number of Topliss-reactive ketones (excluding diaryl/α,β-unsaturated/α-hetero) is 4. The molecule has 3 aliphatic rings. The number of hydrogen-bond acceptors (Lipinski definition) is 16. The maximum Gasteiger partial charge on any atom is 0.513 e. The van der Waals surface area contributed by atoms with Gasteiger partial charge in [0.25, 0.3) is 0 Å². The number of aliphatic hydroxyl groups is 5. The highest BCUT2D eigenvalue weighted by Crippen LogP contribution is 2.39. The molecule has 1 aromatic carbocycles. The molecule has 0 bridgehead atoms. The summed E-state index contributed by atoms with van der Waals surface area (Å²) < 4.78 is 20.0. The van der Waals surface area contributed by atoms with Gasteiger partial charge in [-0.15, -0.1) is 0 Å². The number of halogens is 1. The van der Waals surface area contributed by atoms with Crippen molar-refractivity contribution in [3.05, 3.63) is 43.6 Å². The maximum atomic E-state index is 12.7. The van der Waals surface area contributed by atoms with E-state index in [9.17, 15) is 28.8 Å². The molecule has 45 heavy (non-hydrogen) atoms. The van der Waals surface area contributed by atoms with Crippen LogP contribution in [-0.2, 0) is 9.47 Å². The summed E-state index contributed by atoms with van der Waals surface area (Å²) in [7, 11) is 1.05. The molecule has 242 valence electrons. The van der Waals surface area contributed by atoms with Crippen LogP contribution in [0.1, 0.15) is 69.1 Å². The first kappa shape index (κ1) is 35.3. The van der Waals surface area contributed by atoms with Crippen molar-refractivity contribution in [1.82, 2.24) is 4.98 Å². The van der Waals surface area contributed by atoms with Gasteiger partial charge in [-0.3, -0.25) is 24.0 Å². The normalized spacial score (nSPS) is 21.1. The van der Waals surface area contributed by atoms with Gasteiger partial charge in [-0.05, 0) is 33.8 Å². The molecule has 0 saturated carbocycles. The minimum atomic E-state index is -1.57. The zero-order valence-electron chi connectivity index (χ0n) is 24.3. The van der Waals surface area contributed by atoms with E-state index in [2.05, 4.69) is 14.5 Å². The monoisotopic (exact) mass is 653 g/mol. The van der Waals surface area contributed by atoms with Crippen LogP contribution in [0.2, 0.25) is 5.02 Å². The summed E-state index contributed by atoms with van der Waals surface area (Å²) in [6.07, 6.45) is -8.20. The first-order valence-corrected chi connectivity index (χ1v) is 13.3. The molecule has 0 unspecified atom stereocenters. The fourth-order valence-corrected chi connectivity index (χ4v) is 4.79. The summed E-state index contributed by atoms with van der Waals surface area (Å²) in [4.78, 5) is 78.0. The number of nitrogens with zero attached hydrogens (tertiary/aromatic N) is 1. The van der Waals surface area contributed by atoms with Crippen LogP contribution in [0.25, 0.3) is 22.6 Å². The van der Waals surface area contributed by atoms with E-state index in [-0.39, 0.29) is 39.2 Å². The van der Waals surface area contributed by atoms with Gasteiger partial charge >= 0.3 is 6.16 Å². The average Bonchev–Trinajstić information content (AvgIpc) is 2.97. The summed E-state index contributed by atoms with van der Waals surface area (Å²) in [6, 6.07) is 1.11. The minimum Gasteiger partial charge on any atom is -0.451 e. The Morgan fingerprint density at radius 3 is 1.96 bits per heavy atom. The molecular weight excluding hydrogens is 626 g/mol. The van der Waals surface area contributed by atoms with Crippen LogP contribution in [0, 0.1) is 0 Å². The van der Waals surface area contributed by atoms with Crippen LogP contribution < -0.4 is 10.2 Å². The first-order valence-electron chi connectivity index (χ1n) is 12.9. The summed E-state index contributed by atoms with van der Waals surface area (Å²) in [5.41, 5.74) is -2.98. The van der Waals surface area contributed by atoms with Crippen molar-refractivity contribution in [3.8, 4) is 17.2 Å². The molecule has 1 fully saturated rings. The fraction of sp³-hybridized carbons (Fsp3) is 0.393. The minimum absolute atomic E-state index is 0.161. The highest BCUT2D eigenvalue weighted by atomic mass is 35.5. The standard InChI is InChI=1S/C22H16ClNO9.C6H12O6/c1-7(25)11-6-12(32-22(30)31-5)17-20(13(11)8(2)26)33-21-15(10(4)28)19(29)16(23)14(9(3)27)18(21)24-17;7-1-2-3(8)4(9)5(10)6(11)12-2/h6H,1-5H3;2-11H,1H2/t;2-,3+,4+,5-,6-/m.1/s1. The zero-order chi connectivity index (χ0) is 34.1. The van der Waals surface area contributed by atoms with E-state index in [4.69, 9.17) is 46.3 Å². The molecular formula is C28H28ClNO15. The topological polar surface area (TPSA) is 257 Å². The molecule has 1 aromatic rings. The number of rotatable bonds is 6. The van der Waals surface area contributed by atoms with E-state index in [1.165, 1.54) is 6.92 Å². The van der Waals surface area contributed by atoms with Gasteiger partial charge in [0.15, 0.2) is 52.0 Å². The van der Waals surface area contributed by atoms with Gasteiger partial charge in [0, 0.05) is 5.56 Å². The smallest absolute Gasteiger partial charge is 0.451 e. The Morgan fingerprint density at radius 1 is 0.889 bits per heavy atom. The van der Waals surface area contributed by atoms with Gasteiger partial charge in [-0.2, -0.15) is 0 Å². The highest BCUT2D eigenvalue weighted by molar-refractivity contribution is 6.35. The molecule has 1 aliphatic carbocycles. The number of benzene rings is 2. The second-order valence-corrected chi connectivity index (χ2v) is 10.1. The van der Waals surface area contributed by atoms with Crippen molar-refractivity contribution in [2.45, 2.75) is 58.4 Å². The SMILES string of the molecule is COC(=O)Oc1cc(C(C)=O)c(C(C)=O)c2oc3c(C(C)=O)c(=O)c(Cl)c(C(C)=O)c-3nc12.OC[C@H]1O[C@@H](O)[C@H](O)[C@@H](O)[C@H]1O. The van der Waals surface area contributed by atoms with Gasteiger partial charge in [0.05, 0.1) is 24.8 Å². The highest BCUT2D eigenvalue weighted by Gasteiger charge is 2.42. The predicted octanol–water partition coefficient (Wildman–Crippen LogP) is 0.680. The number of methoxy groups -OCH3 is 1. The quantitative estimate of drug-likeness (QED) is 0.106. The predicted molar refractivity (Wildman–Crippen MR) is 151 cm³/mol. The molecule has 17 heteroatoms. The Kier molecular flexibility index (Phi) is 10.9. The lowest BCUT2D eigenvalue weighted by atomic mass is 9.96. The molecule has 2 aliphatic heterocycles. The van der Waals surface area contributed by atoms with E-state index in [1.807, 2.05) is 0 Å². The summed E-state index contributed by atoms with van der Waals surface area (Å²) >= 11 is 6.09. The van der Waals surface area contributed by atoms with Crippen LogP contribution in [0.15, 0.2) is 15.3 Å². The van der Waals surface area contributed by atoms with E-state index in [0.717, 1.165) is 33.9 Å². The number of ether oxygens (including phenoxy) is 3. The largest absolute Gasteiger partial charge is 0.513 e. The van der Waals surface area contributed by atoms with E-state index in [0.29, 0.717) is 0 Å². The molecule has 16 nitrogen and oxygen atoms in total. The van der Waals surface area contributed by atoms with Crippen LogP contribution in [-0.4, -0.2) is 104 Å². The van der Waals surface area contributed by atoms with Crippen molar-refractivity contribution < 1.29 is 68.1 Å².